The minimum Gasteiger partial charge on any atom is -0.377 e. The van der Waals surface area contributed by atoms with Crippen LogP contribution in [-0.4, -0.2) is 6.61 Å². The number of ether oxygens (including phenoxy) is 1. The van der Waals surface area contributed by atoms with Crippen LogP contribution < -0.4 is 0 Å². The Morgan fingerprint density at radius 2 is 1.47 bits per heavy atom. The van der Waals surface area contributed by atoms with Gasteiger partial charge in [0.25, 0.3) is 0 Å². The van der Waals surface area contributed by atoms with Crippen molar-refractivity contribution in [2.24, 2.45) is 5.92 Å². The molecule has 0 fully saturated rings. The van der Waals surface area contributed by atoms with Gasteiger partial charge in [-0.1, -0.05) is 71.9 Å². The maximum Gasteiger partial charge on any atom is 0.0716 e. The number of rotatable bonds is 4. The highest BCUT2D eigenvalue weighted by molar-refractivity contribution is 5.13. The Kier molecular flexibility index (Phi) is 16.6. The van der Waals surface area contributed by atoms with Gasteiger partial charge in [-0.15, -0.1) is 0 Å². The van der Waals surface area contributed by atoms with Crippen LogP contribution in [-0.2, 0) is 11.3 Å². The second-order valence-corrected chi connectivity index (χ2v) is 4.27. The van der Waals surface area contributed by atoms with Crippen molar-refractivity contribution in [3.63, 3.8) is 0 Å². The zero-order valence-electron chi connectivity index (χ0n) is 12.5. The predicted octanol–water partition coefficient (Wildman–Crippen LogP) is 5.30. The molecule has 0 spiro atoms. The molecule has 0 saturated carbocycles. The van der Waals surface area contributed by atoms with Crippen LogP contribution in [0.25, 0.3) is 0 Å². The molecule has 0 amide bonds. The minimum absolute atomic E-state index is 0.745. The molecule has 1 aromatic carbocycles. The van der Waals surface area contributed by atoms with Crippen molar-refractivity contribution in [1.82, 2.24) is 0 Å². The fourth-order valence-corrected chi connectivity index (χ4v) is 0.909. The second kappa shape index (κ2) is 15.2. The molecule has 1 nitrogen and oxygen atoms in total. The quantitative estimate of drug-likeness (QED) is 0.647. The summed E-state index contributed by atoms with van der Waals surface area (Å²) in [6, 6.07) is 10.2. The summed E-state index contributed by atoms with van der Waals surface area (Å²) in [7, 11) is 0. The van der Waals surface area contributed by atoms with Crippen LogP contribution in [0, 0.1) is 5.92 Å². The zero-order valence-corrected chi connectivity index (χ0v) is 12.5. The van der Waals surface area contributed by atoms with E-state index in [-0.39, 0.29) is 0 Å². The Labute approximate surface area is 108 Å². The number of hydrogen-bond donors (Lipinski definition) is 0. The fraction of sp³-hybridized carbons (Fsp3) is 0.625. The standard InChI is InChI=1S/C10H14O.C4H10.C2H6/c1-2-8-11-9-10-6-4-3-5-7-10;1-4(2)3;1-2/h3-7H,2,8-9H2,1H3;4H,1-3H3;1-2H3. The van der Waals surface area contributed by atoms with Crippen LogP contribution in [0.5, 0.6) is 0 Å². The van der Waals surface area contributed by atoms with Crippen molar-refractivity contribution in [2.75, 3.05) is 6.61 Å². The van der Waals surface area contributed by atoms with E-state index in [4.69, 9.17) is 4.74 Å². The lowest BCUT2D eigenvalue weighted by atomic mass is 10.2. The van der Waals surface area contributed by atoms with Crippen molar-refractivity contribution in [1.29, 1.82) is 0 Å². The smallest absolute Gasteiger partial charge is 0.0716 e. The Morgan fingerprint density at radius 1 is 1.00 bits per heavy atom. The molecule has 0 atom stereocenters. The van der Waals surface area contributed by atoms with Crippen molar-refractivity contribution in [2.45, 2.75) is 54.6 Å². The Hall–Kier alpha value is -0.820. The molecule has 17 heavy (non-hydrogen) atoms. The SMILES string of the molecule is CC.CC(C)C.CCCOCc1ccccc1. The molecule has 0 aliphatic carbocycles. The molecule has 0 aliphatic heterocycles. The average Bonchev–Trinajstić information content (AvgIpc) is 2.33. The first kappa shape index (κ1) is 18.5. The summed E-state index contributed by atoms with van der Waals surface area (Å²) in [6.07, 6.45) is 1.09. The Bertz CT molecular complexity index is 213. The summed E-state index contributed by atoms with van der Waals surface area (Å²) in [5.74, 6) is 0.833. The third-order valence-corrected chi connectivity index (χ3v) is 1.46. The first-order chi connectivity index (χ1) is 8.16. The summed E-state index contributed by atoms with van der Waals surface area (Å²) in [5.41, 5.74) is 1.25. The van der Waals surface area contributed by atoms with E-state index in [1.807, 2.05) is 32.0 Å². The van der Waals surface area contributed by atoms with Gasteiger partial charge in [0.2, 0.25) is 0 Å². The highest BCUT2D eigenvalue weighted by Gasteiger charge is 1.88. The van der Waals surface area contributed by atoms with Gasteiger partial charge in [0.1, 0.15) is 0 Å². The lowest BCUT2D eigenvalue weighted by Gasteiger charge is -2.00. The van der Waals surface area contributed by atoms with Crippen LogP contribution in [0.15, 0.2) is 30.3 Å². The topological polar surface area (TPSA) is 9.23 Å². The third kappa shape index (κ3) is 17.8. The van der Waals surface area contributed by atoms with Gasteiger partial charge in [-0.2, -0.15) is 0 Å². The Morgan fingerprint density at radius 3 is 1.88 bits per heavy atom. The lowest BCUT2D eigenvalue weighted by molar-refractivity contribution is 0.121. The van der Waals surface area contributed by atoms with E-state index in [0.717, 1.165) is 25.6 Å². The number of benzene rings is 1. The van der Waals surface area contributed by atoms with Crippen LogP contribution in [0.1, 0.15) is 53.5 Å². The summed E-state index contributed by atoms with van der Waals surface area (Å²) in [5, 5.41) is 0. The largest absolute Gasteiger partial charge is 0.377 e. The highest BCUT2D eigenvalue weighted by atomic mass is 16.5. The van der Waals surface area contributed by atoms with Gasteiger partial charge in [-0.25, -0.2) is 0 Å². The first-order valence-electron chi connectivity index (χ1n) is 6.78. The molecular formula is C16H30O. The summed E-state index contributed by atoms with van der Waals surface area (Å²) in [4.78, 5) is 0. The van der Waals surface area contributed by atoms with Gasteiger partial charge in [0, 0.05) is 6.61 Å². The van der Waals surface area contributed by atoms with Crippen LogP contribution in [0.4, 0.5) is 0 Å². The molecule has 0 bridgehead atoms. The van der Waals surface area contributed by atoms with Crippen LogP contribution in [0.2, 0.25) is 0 Å². The fourth-order valence-electron chi connectivity index (χ4n) is 0.909. The molecule has 0 aliphatic rings. The van der Waals surface area contributed by atoms with Crippen molar-refractivity contribution < 1.29 is 4.74 Å². The Balaban J connectivity index is 0. The molecule has 0 radical (unpaired) electrons. The molecule has 1 aromatic rings. The predicted molar refractivity (Wildman–Crippen MR) is 78.2 cm³/mol. The average molecular weight is 238 g/mol. The molecule has 1 heteroatoms. The summed E-state index contributed by atoms with van der Waals surface area (Å²) in [6.45, 7) is 14.2. The van der Waals surface area contributed by atoms with Gasteiger partial charge in [0.15, 0.2) is 0 Å². The maximum absolute atomic E-state index is 5.37. The monoisotopic (exact) mass is 238 g/mol. The van der Waals surface area contributed by atoms with Gasteiger partial charge in [0.05, 0.1) is 6.61 Å². The van der Waals surface area contributed by atoms with Crippen molar-refractivity contribution in [3.8, 4) is 0 Å². The normalized spacial score (nSPS) is 8.88. The first-order valence-corrected chi connectivity index (χ1v) is 6.78. The number of hydrogen-bond acceptors (Lipinski definition) is 1. The molecule has 0 N–H and O–H groups in total. The van der Waals surface area contributed by atoms with Gasteiger partial charge >= 0.3 is 0 Å². The highest BCUT2D eigenvalue weighted by Crippen LogP contribution is 2.00. The van der Waals surface area contributed by atoms with Crippen molar-refractivity contribution in [3.05, 3.63) is 35.9 Å². The van der Waals surface area contributed by atoms with E-state index < -0.39 is 0 Å². The van der Waals surface area contributed by atoms with Gasteiger partial charge < -0.3 is 4.74 Å². The molecule has 100 valence electrons. The summed E-state index contributed by atoms with van der Waals surface area (Å²) < 4.78 is 5.37. The molecule has 1 rings (SSSR count). The zero-order chi connectivity index (χ0) is 13.5. The van der Waals surface area contributed by atoms with Crippen molar-refractivity contribution >= 4 is 0 Å². The second-order valence-electron chi connectivity index (χ2n) is 4.27. The van der Waals surface area contributed by atoms with Gasteiger partial charge in [-0.3, -0.25) is 0 Å². The van der Waals surface area contributed by atoms with E-state index in [9.17, 15) is 0 Å². The third-order valence-electron chi connectivity index (χ3n) is 1.46. The van der Waals surface area contributed by atoms with E-state index in [1.54, 1.807) is 0 Å². The molecule has 0 unspecified atom stereocenters. The van der Waals surface area contributed by atoms with Crippen LogP contribution >= 0.6 is 0 Å². The van der Waals surface area contributed by atoms with E-state index in [1.165, 1.54) is 5.56 Å². The maximum atomic E-state index is 5.37. The molecule has 0 aromatic heterocycles. The molecule has 0 saturated heterocycles. The summed E-state index contributed by atoms with van der Waals surface area (Å²) >= 11 is 0. The van der Waals surface area contributed by atoms with Gasteiger partial charge in [-0.05, 0) is 17.9 Å². The van der Waals surface area contributed by atoms with E-state index in [0.29, 0.717) is 0 Å². The van der Waals surface area contributed by atoms with E-state index >= 15 is 0 Å². The molecular weight excluding hydrogens is 208 g/mol. The molecule has 0 heterocycles. The lowest BCUT2D eigenvalue weighted by Crippen LogP contribution is -1.92. The minimum atomic E-state index is 0.745. The van der Waals surface area contributed by atoms with E-state index in [2.05, 4.69) is 39.8 Å². The van der Waals surface area contributed by atoms with Crippen LogP contribution in [0.3, 0.4) is 0 Å².